The SMILES string of the molecule is C/C=C/C=C/COC1CCC(c2ccc(F)cc2)CC1. The summed E-state index contributed by atoms with van der Waals surface area (Å²) in [5, 5.41) is 0. The third-order valence-corrected chi connectivity index (χ3v) is 3.88. The molecule has 1 nitrogen and oxygen atoms in total. The third-order valence-electron chi connectivity index (χ3n) is 3.88. The fraction of sp³-hybridized carbons (Fsp3) is 0.444. The third kappa shape index (κ3) is 4.61. The minimum Gasteiger partial charge on any atom is -0.374 e. The highest BCUT2D eigenvalue weighted by molar-refractivity contribution is 5.20. The van der Waals surface area contributed by atoms with E-state index in [1.807, 2.05) is 43.4 Å². The average Bonchev–Trinajstić information content (AvgIpc) is 2.49. The molecule has 0 bridgehead atoms. The van der Waals surface area contributed by atoms with Crippen LogP contribution >= 0.6 is 0 Å². The molecule has 1 aliphatic rings. The van der Waals surface area contributed by atoms with E-state index in [1.54, 1.807) is 12.1 Å². The van der Waals surface area contributed by atoms with Crippen LogP contribution in [0.3, 0.4) is 0 Å². The molecule has 2 rings (SSSR count). The minimum absolute atomic E-state index is 0.154. The molecule has 20 heavy (non-hydrogen) atoms. The van der Waals surface area contributed by atoms with Gasteiger partial charge in [0, 0.05) is 0 Å². The topological polar surface area (TPSA) is 9.23 Å². The lowest BCUT2D eigenvalue weighted by molar-refractivity contribution is 0.0422. The number of benzene rings is 1. The molecule has 0 atom stereocenters. The first-order chi connectivity index (χ1) is 9.79. The van der Waals surface area contributed by atoms with Crippen molar-refractivity contribution in [2.24, 2.45) is 0 Å². The first-order valence-corrected chi connectivity index (χ1v) is 7.44. The predicted molar refractivity (Wildman–Crippen MR) is 81.3 cm³/mol. The number of halogens is 1. The Balaban J connectivity index is 1.73. The van der Waals surface area contributed by atoms with Gasteiger partial charge in [-0.25, -0.2) is 4.39 Å². The molecular weight excluding hydrogens is 251 g/mol. The van der Waals surface area contributed by atoms with Crippen LogP contribution in [0.5, 0.6) is 0 Å². The van der Waals surface area contributed by atoms with Crippen LogP contribution in [0.25, 0.3) is 0 Å². The average molecular weight is 274 g/mol. The van der Waals surface area contributed by atoms with Gasteiger partial charge in [0.2, 0.25) is 0 Å². The van der Waals surface area contributed by atoms with Gasteiger partial charge in [-0.15, -0.1) is 0 Å². The molecular formula is C18H23FO. The Morgan fingerprint density at radius 3 is 2.45 bits per heavy atom. The number of hydrogen-bond acceptors (Lipinski definition) is 1. The van der Waals surface area contributed by atoms with Crippen molar-refractivity contribution in [1.82, 2.24) is 0 Å². The number of rotatable bonds is 5. The summed E-state index contributed by atoms with van der Waals surface area (Å²) in [6.45, 7) is 2.69. The van der Waals surface area contributed by atoms with Gasteiger partial charge in [-0.3, -0.25) is 0 Å². The second-order valence-corrected chi connectivity index (χ2v) is 5.31. The van der Waals surface area contributed by atoms with Gasteiger partial charge in [-0.05, 0) is 56.2 Å². The molecule has 1 aliphatic carbocycles. The molecule has 0 unspecified atom stereocenters. The standard InChI is InChI=1S/C18H23FO/c1-2-3-4-5-14-20-18-12-8-16(9-13-18)15-6-10-17(19)11-7-15/h2-7,10-11,16,18H,8-9,12-14H2,1H3/b3-2+,5-4+. The maximum Gasteiger partial charge on any atom is 0.123 e. The molecule has 0 saturated heterocycles. The Kier molecular flexibility index (Phi) is 6.00. The van der Waals surface area contributed by atoms with Gasteiger partial charge in [0.15, 0.2) is 0 Å². The van der Waals surface area contributed by atoms with Crippen LogP contribution in [0, 0.1) is 5.82 Å². The zero-order chi connectivity index (χ0) is 14.2. The van der Waals surface area contributed by atoms with Gasteiger partial charge in [0.25, 0.3) is 0 Å². The van der Waals surface area contributed by atoms with Crippen LogP contribution in [-0.4, -0.2) is 12.7 Å². The summed E-state index contributed by atoms with van der Waals surface area (Å²) in [7, 11) is 0. The molecule has 1 saturated carbocycles. The summed E-state index contributed by atoms with van der Waals surface area (Å²) in [6.07, 6.45) is 12.9. The fourth-order valence-electron chi connectivity index (χ4n) is 2.73. The Hall–Kier alpha value is -1.41. The van der Waals surface area contributed by atoms with Gasteiger partial charge < -0.3 is 4.74 Å². The zero-order valence-electron chi connectivity index (χ0n) is 12.1. The molecule has 0 spiro atoms. The normalized spacial score (nSPS) is 23.7. The summed E-state index contributed by atoms with van der Waals surface area (Å²) in [4.78, 5) is 0. The molecule has 2 heteroatoms. The quantitative estimate of drug-likeness (QED) is 0.686. The minimum atomic E-state index is -0.154. The number of hydrogen-bond donors (Lipinski definition) is 0. The molecule has 0 amide bonds. The maximum atomic E-state index is 12.9. The van der Waals surface area contributed by atoms with E-state index < -0.39 is 0 Å². The van der Waals surface area contributed by atoms with Crippen molar-refractivity contribution < 1.29 is 9.13 Å². The molecule has 0 N–H and O–H groups in total. The molecule has 1 aromatic rings. The van der Waals surface area contributed by atoms with E-state index in [1.165, 1.54) is 5.56 Å². The molecule has 0 aliphatic heterocycles. The van der Waals surface area contributed by atoms with Crippen molar-refractivity contribution in [2.45, 2.75) is 44.6 Å². The lowest BCUT2D eigenvalue weighted by Crippen LogP contribution is -2.20. The van der Waals surface area contributed by atoms with Crippen molar-refractivity contribution in [2.75, 3.05) is 6.61 Å². The second-order valence-electron chi connectivity index (χ2n) is 5.31. The van der Waals surface area contributed by atoms with Gasteiger partial charge in [-0.1, -0.05) is 36.4 Å². The molecule has 108 valence electrons. The molecule has 1 fully saturated rings. The van der Waals surface area contributed by atoms with Crippen molar-refractivity contribution >= 4 is 0 Å². The van der Waals surface area contributed by atoms with Crippen LogP contribution in [0.15, 0.2) is 48.6 Å². The Morgan fingerprint density at radius 2 is 1.80 bits per heavy atom. The molecule has 0 heterocycles. The highest BCUT2D eigenvalue weighted by atomic mass is 19.1. The van der Waals surface area contributed by atoms with Crippen molar-refractivity contribution in [1.29, 1.82) is 0 Å². The van der Waals surface area contributed by atoms with Crippen LogP contribution in [0.1, 0.15) is 44.1 Å². The van der Waals surface area contributed by atoms with Crippen molar-refractivity contribution in [3.63, 3.8) is 0 Å². The summed E-state index contributed by atoms with van der Waals surface area (Å²) in [6, 6.07) is 6.95. The summed E-state index contributed by atoms with van der Waals surface area (Å²) < 4.78 is 18.8. The lowest BCUT2D eigenvalue weighted by atomic mass is 9.83. The van der Waals surface area contributed by atoms with Crippen LogP contribution in [0.2, 0.25) is 0 Å². The van der Waals surface area contributed by atoms with E-state index in [0.29, 0.717) is 18.6 Å². The summed E-state index contributed by atoms with van der Waals surface area (Å²) in [5.74, 6) is 0.410. The number of allylic oxidation sites excluding steroid dienone is 3. The van der Waals surface area contributed by atoms with E-state index in [0.717, 1.165) is 25.7 Å². The van der Waals surface area contributed by atoms with Crippen molar-refractivity contribution in [3.8, 4) is 0 Å². The van der Waals surface area contributed by atoms with E-state index in [4.69, 9.17) is 4.74 Å². The second kappa shape index (κ2) is 8.01. The monoisotopic (exact) mass is 274 g/mol. The first kappa shape index (κ1) is 15.0. The van der Waals surface area contributed by atoms with Gasteiger partial charge in [0.05, 0.1) is 12.7 Å². The predicted octanol–water partition coefficient (Wildman–Crippen LogP) is 5.00. The zero-order valence-corrected chi connectivity index (χ0v) is 12.1. The molecule has 0 radical (unpaired) electrons. The van der Waals surface area contributed by atoms with E-state index >= 15 is 0 Å². The lowest BCUT2D eigenvalue weighted by Gasteiger charge is -2.28. The number of ether oxygens (including phenoxy) is 1. The maximum absolute atomic E-state index is 12.9. The Morgan fingerprint density at radius 1 is 1.10 bits per heavy atom. The highest BCUT2D eigenvalue weighted by Gasteiger charge is 2.22. The molecule has 1 aromatic carbocycles. The highest BCUT2D eigenvalue weighted by Crippen LogP contribution is 2.33. The van der Waals surface area contributed by atoms with Gasteiger partial charge >= 0.3 is 0 Å². The Labute approximate surface area is 121 Å². The fourth-order valence-corrected chi connectivity index (χ4v) is 2.73. The summed E-state index contributed by atoms with van der Waals surface area (Å²) in [5.41, 5.74) is 1.26. The smallest absolute Gasteiger partial charge is 0.123 e. The van der Waals surface area contributed by atoms with E-state index in [9.17, 15) is 4.39 Å². The van der Waals surface area contributed by atoms with Crippen LogP contribution in [-0.2, 0) is 4.74 Å². The van der Waals surface area contributed by atoms with Gasteiger partial charge in [-0.2, -0.15) is 0 Å². The summed E-state index contributed by atoms with van der Waals surface area (Å²) >= 11 is 0. The largest absolute Gasteiger partial charge is 0.374 e. The Bertz CT molecular complexity index is 439. The van der Waals surface area contributed by atoms with E-state index in [2.05, 4.69) is 0 Å². The van der Waals surface area contributed by atoms with E-state index in [-0.39, 0.29) is 5.82 Å². The van der Waals surface area contributed by atoms with Crippen LogP contribution < -0.4 is 0 Å². The van der Waals surface area contributed by atoms with Gasteiger partial charge in [0.1, 0.15) is 5.82 Å². The van der Waals surface area contributed by atoms with Crippen molar-refractivity contribution in [3.05, 3.63) is 60.0 Å². The first-order valence-electron chi connectivity index (χ1n) is 7.44. The van der Waals surface area contributed by atoms with Crippen LogP contribution in [0.4, 0.5) is 4.39 Å². The molecule has 0 aromatic heterocycles.